The van der Waals surface area contributed by atoms with Gasteiger partial charge in [0, 0.05) is 5.90 Å². The lowest BCUT2D eigenvalue weighted by atomic mass is 9.93. The Labute approximate surface area is 127 Å². The molecule has 0 aromatic heterocycles. The monoisotopic (exact) mass is 376 g/mol. The van der Waals surface area contributed by atoms with Gasteiger partial charge in [-0.05, 0) is 0 Å². The Bertz CT molecular complexity index is 402. The first kappa shape index (κ1) is 18.5. The molecule has 0 saturated carbocycles. The third kappa shape index (κ3) is 6.29. The predicted molar refractivity (Wildman–Crippen MR) is 83.8 cm³/mol. The summed E-state index contributed by atoms with van der Waals surface area (Å²) in [5.41, 5.74) is -0.472. The molecule has 0 aromatic carbocycles. The summed E-state index contributed by atoms with van der Waals surface area (Å²) in [6.45, 7) is 1.37. The van der Waals surface area contributed by atoms with E-state index in [4.69, 9.17) is 35.4 Å². The van der Waals surface area contributed by atoms with Crippen molar-refractivity contribution < 1.29 is 36.8 Å². The Balaban J connectivity index is 1.80. The van der Waals surface area contributed by atoms with Gasteiger partial charge < -0.3 is 27.9 Å². The van der Waals surface area contributed by atoms with Crippen LogP contribution in [0.15, 0.2) is 0 Å². The van der Waals surface area contributed by atoms with E-state index in [1.54, 1.807) is 0 Å². The van der Waals surface area contributed by atoms with Gasteiger partial charge in [0.05, 0.1) is 31.8 Å². The van der Waals surface area contributed by atoms with Crippen molar-refractivity contribution >= 4 is 45.4 Å². The fraction of sp³-hybridized carbons (Fsp3) is 0.875. The molecule has 2 aliphatic rings. The molecule has 0 amide bonds. The van der Waals surface area contributed by atoms with Crippen LogP contribution in [0.5, 0.6) is 0 Å². The molecule has 0 aromatic rings. The summed E-state index contributed by atoms with van der Waals surface area (Å²) in [6.07, 6.45) is 3.92. The van der Waals surface area contributed by atoms with Gasteiger partial charge in [-0.2, -0.15) is 0 Å². The van der Waals surface area contributed by atoms with Crippen molar-refractivity contribution in [2.45, 2.75) is 0 Å². The summed E-state index contributed by atoms with van der Waals surface area (Å²) in [6, 6.07) is 0. The fourth-order valence-corrected chi connectivity index (χ4v) is 7.18. The SMILES string of the molecule is [B]P(=C)(C)CP1OCC2(CO1)COP(OP(=O)(O)O)OC2. The highest BCUT2D eigenvalue weighted by atomic mass is 31.3. The lowest BCUT2D eigenvalue weighted by molar-refractivity contribution is -0.0608. The fourth-order valence-electron chi connectivity index (χ4n) is 1.60. The number of phosphoric acid groups is 1. The summed E-state index contributed by atoms with van der Waals surface area (Å²) in [7, 11) is -1.77. The van der Waals surface area contributed by atoms with Crippen molar-refractivity contribution in [1.29, 1.82) is 0 Å². The lowest BCUT2D eigenvalue weighted by Gasteiger charge is -2.42. The van der Waals surface area contributed by atoms with Crippen molar-refractivity contribution in [3.8, 4) is 0 Å². The van der Waals surface area contributed by atoms with Crippen LogP contribution < -0.4 is 0 Å². The molecule has 2 N–H and O–H groups in total. The van der Waals surface area contributed by atoms with E-state index >= 15 is 0 Å². The highest BCUT2D eigenvalue weighted by molar-refractivity contribution is 7.98. The summed E-state index contributed by atoms with van der Waals surface area (Å²) in [4.78, 5) is 17.4. The van der Waals surface area contributed by atoms with E-state index in [1.165, 1.54) is 0 Å². The number of hydrogen-bond donors (Lipinski definition) is 2. The van der Waals surface area contributed by atoms with Gasteiger partial charge in [-0.1, -0.05) is 6.66 Å². The molecule has 1 atom stereocenters. The van der Waals surface area contributed by atoms with E-state index in [0.29, 0.717) is 19.1 Å². The van der Waals surface area contributed by atoms with Crippen LogP contribution in [0.1, 0.15) is 0 Å². The van der Waals surface area contributed by atoms with Crippen molar-refractivity contribution in [3.63, 3.8) is 0 Å². The van der Waals surface area contributed by atoms with Gasteiger partial charge in [-0.25, -0.2) is 8.88 Å². The van der Waals surface area contributed by atoms with Crippen molar-refractivity contribution in [2.75, 3.05) is 39.0 Å². The smallest absolute Gasteiger partial charge is 0.333 e. The Morgan fingerprint density at radius 2 is 1.71 bits per heavy atom. The van der Waals surface area contributed by atoms with Crippen LogP contribution in [-0.2, 0) is 27.0 Å². The number of hydrogen-bond acceptors (Lipinski definition) is 6. The van der Waals surface area contributed by atoms with Crippen LogP contribution in [0, 0.1) is 5.41 Å². The second kappa shape index (κ2) is 6.97. The summed E-state index contributed by atoms with van der Waals surface area (Å²) in [5, 5.41) is 0. The molecule has 8 nitrogen and oxygen atoms in total. The molecular formula is C8H17BO8P4. The zero-order chi connectivity index (χ0) is 15.7. The van der Waals surface area contributed by atoms with Gasteiger partial charge in [0.1, 0.15) is 7.57 Å². The maximum Gasteiger partial charge on any atom is 0.476 e. The van der Waals surface area contributed by atoms with E-state index in [0.717, 1.165) is 0 Å². The molecule has 0 aliphatic carbocycles. The second-order valence-electron chi connectivity index (χ2n) is 5.34. The third-order valence-corrected chi connectivity index (χ3v) is 9.00. The minimum atomic E-state index is -4.62. The van der Waals surface area contributed by atoms with Gasteiger partial charge in [-0.3, -0.25) is 0 Å². The van der Waals surface area contributed by atoms with Gasteiger partial charge in [0.2, 0.25) is 0 Å². The summed E-state index contributed by atoms with van der Waals surface area (Å²) in [5.74, 6) is 0.633. The van der Waals surface area contributed by atoms with Gasteiger partial charge in [0.15, 0.2) is 8.38 Å². The Hall–Kier alpha value is 1.17. The molecule has 1 unspecified atom stereocenters. The average Bonchev–Trinajstić information content (AvgIpc) is 2.32. The van der Waals surface area contributed by atoms with E-state index in [9.17, 15) is 4.57 Å². The minimum absolute atomic E-state index is 0.196. The van der Waals surface area contributed by atoms with Crippen LogP contribution in [0.3, 0.4) is 0 Å². The molecule has 2 rings (SSSR count). The molecule has 1 spiro atoms. The minimum Gasteiger partial charge on any atom is -0.333 e. The summed E-state index contributed by atoms with van der Waals surface area (Å²) < 4.78 is 36.9. The van der Waals surface area contributed by atoms with E-state index in [-0.39, 0.29) is 13.2 Å². The third-order valence-electron chi connectivity index (χ3n) is 2.59. The van der Waals surface area contributed by atoms with Gasteiger partial charge in [0.25, 0.3) is 0 Å². The van der Waals surface area contributed by atoms with Gasteiger partial charge >= 0.3 is 16.4 Å². The van der Waals surface area contributed by atoms with E-state index < -0.39 is 37.0 Å². The van der Waals surface area contributed by atoms with Crippen molar-refractivity contribution in [3.05, 3.63) is 0 Å². The summed E-state index contributed by atoms with van der Waals surface area (Å²) >= 11 is 0. The largest absolute Gasteiger partial charge is 0.476 e. The normalized spacial score (nSPS) is 37.3. The van der Waals surface area contributed by atoms with Crippen molar-refractivity contribution in [1.82, 2.24) is 0 Å². The molecule has 2 aliphatic heterocycles. The quantitative estimate of drug-likeness (QED) is 0.566. The van der Waals surface area contributed by atoms with Gasteiger partial charge in [-0.15, -0.1) is 13.1 Å². The Kier molecular flexibility index (Phi) is 6.14. The van der Waals surface area contributed by atoms with E-state index in [1.807, 2.05) is 6.66 Å². The zero-order valence-electron chi connectivity index (χ0n) is 11.5. The molecule has 13 heteroatoms. The van der Waals surface area contributed by atoms with Crippen LogP contribution in [0.4, 0.5) is 0 Å². The average molecular weight is 376 g/mol. The van der Waals surface area contributed by atoms with Crippen molar-refractivity contribution in [2.24, 2.45) is 5.41 Å². The number of rotatable bonds is 4. The topological polar surface area (TPSA) is 104 Å². The highest BCUT2D eigenvalue weighted by Gasteiger charge is 2.44. The Morgan fingerprint density at radius 1 is 1.24 bits per heavy atom. The molecular weight excluding hydrogens is 359 g/mol. The first-order valence-corrected chi connectivity index (χ1v) is 12.6. The molecule has 2 fully saturated rings. The molecule has 120 valence electrons. The molecule has 21 heavy (non-hydrogen) atoms. The zero-order valence-corrected chi connectivity index (χ0v) is 15.0. The maximum absolute atomic E-state index is 10.7. The maximum atomic E-state index is 10.7. The molecule has 2 saturated heterocycles. The highest BCUT2D eigenvalue weighted by Crippen LogP contribution is 2.60. The lowest BCUT2D eigenvalue weighted by Crippen LogP contribution is -2.44. The molecule has 2 radical (unpaired) electrons. The predicted octanol–water partition coefficient (Wildman–Crippen LogP) is 1.83. The van der Waals surface area contributed by atoms with Crippen LogP contribution in [0.2, 0.25) is 0 Å². The molecule has 2 heterocycles. The van der Waals surface area contributed by atoms with Crippen LogP contribution in [-0.4, -0.2) is 62.6 Å². The van der Waals surface area contributed by atoms with Crippen LogP contribution in [0.25, 0.3) is 0 Å². The first-order valence-electron chi connectivity index (χ1n) is 5.90. The Morgan fingerprint density at radius 3 is 2.14 bits per heavy atom. The van der Waals surface area contributed by atoms with E-state index in [2.05, 4.69) is 10.6 Å². The van der Waals surface area contributed by atoms with Crippen LogP contribution >= 0.6 is 31.6 Å². The molecule has 0 bridgehead atoms. The first-order chi connectivity index (χ1) is 9.57. The standard InChI is InChI=1S/C8H17BO8P4/c1-20(2,9)7-18-13-3-8(4-14-18)5-15-19(16-6-8)17-21(10,11)12/h1,3-7H2,2H3,(H2,10,11,12). The second-order valence-corrected chi connectivity index (χ2v) is 13.2.